The second-order valence-corrected chi connectivity index (χ2v) is 4.79. The zero-order chi connectivity index (χ0) is 11.5. The minimum Gasteiger partial charge on any atom is -0.353 e. The van der Waals surface area contributed by atoms with Crippen LogP contribution in [0.4, 0.5) is 0 Å². The monoisotopic (exact) mass is 228 g/mol. The van der Waals surface area contributed by atoms with Crippen molar-refractivity contribution < 1.29 is 9.47 Å². The quantitative estimate of drug-likeness (QED) is 0.577. The molecule has 1 aliphatic heterocycles. The van der Waals surface area contributed by atoms with Gasteiger partial charge in [0.2, 0.25) is 0 Å². The highest BCUT2D eigenvalue weighted by molar-refractivity contribution is 4.54. The molecule has 1 rings (SSSR count). The summed E-state index contributed by atoms with van der Waals surface area (Å²) in [6.07, 6.45) is 12.9. The molecule has 0 radical (unpaired) electrons. The van der Waals surface area contributed by atoms with Crippen LogP contribution in [0.5, 0.6) is 0 Å². The zero-order valence-corrected chi connectivity index (χ0v) is 10.9. The Morgan fingerprint density at radius 1 is 1.00 bits per heavy atom. The Kier molecular flexibility index (Phi) is 8.83. The highest BCUT2D eigenvalue weighted by Gasteiger charge is 2.11. The molecule has 1 saturated heterocycles. The lowest BCUT2D eigenvalue weighted by atomic mass is 10.1. The molecule has 2 heteroatoms. The molecule has 96 valence electrons. The van der Waals surface area contributed by atoms with Crippen LogP contribution in [0.15, 0.2) is 0 Å². The molecule has 1 fully saturated rings. The van der Waals surface area contributed by atoms with Crippen LogP contribution in [-0.2, 0) is 9.47 Å². The normalized spacial score (nSPS) is 21.9. The smallest absolute Gasteiger partial charge is 0.157 e. The first-order valence-electron chi connectivity index (χ1n) is 7.16. The lowest BCUT2D eigenvalue weighted by Gasteiger charge is -2.15. The molecule has 0 N–H and O–H groups in total. The van der Waals surface area contributed by atoms with Gasteiger partial charge >= 0.3 is 0 Å². The number of ether oxygens (including phenoxy) is 2. The minimum atomic E-state index is 0.0955. The third-order valence-corrected chi connectivity index (χ3v) is 3.19. The van der Waals surface area contributed by atoms with Gasteiger partial charge in [-0.1, -0.05) is 45.4 Å². The Labute approximate surface area is 101 Å². The SMILES string of the molecule is CCCCCCCCOC1CCCCCO1. The van der Waals surface area contributed by atoms with E-state index in [0.29, 0.717) is 0 Å². The lowest BCUT2D eigenvalue weighted by Crippen LogP contribution is -2.16. The van der Waals surface area contributed by atoms with Crippen LogP contribution in [0, 0.1) is 0 Å². The third kappa shape index (κ3) is 7.24. The Hall–Kier alpha value is -0.0800. The van der Waals surface area contributed by atoms with Crippen molar-refractivity contribution in [3.8, 4) is 0 Å². The predicted molar refractivity (Wildman–Crippen MR) is 67.5 cm³/mol. The predicted octanol–water partition coefficient (Wildman–Crippen LogP) is 4.28. The Bertz CT molecular complexity index is 140. The van der Waals surface area contributed by atoms with Crippen LogP contribution in [0.3, 0.4) is 0 Å². The molecule has 0 saturated carbocycles. The molecule has 1 unspecified atom stereocenters. The van der Waals surface area contributed by atoms with Gasteiger partial charge in [0.1, 0.15) is 0 Å². The van der Waals surface area contributed by atoms with Crippen LogP contribution in [-0.4, -0.2) is 19.5 Å². The van der Waals surface area contributed by atoms with E-state index in [9.17, 15) is 0 Å². The van der Waals surface area contributed by atoms with Crippen molar-refractivity contribution >= 4 is 0 Å². The minimum absolute atomic E-state index is 0.0955. The fourth-order valence-electron chi connectivity index (χ4n) is 2.12. The molecule has 1 heterocycles. The molecule has 2 nitrogen and oxygen atoms in total. The van der Waals surface area contributed by atoms with Crippen molar-refractivity contribution in [2.24, 2.45) is 0 Å². The van der Waals surface area contributed by atoms with E-state index in [4.69, 9.17) is 9.47 Å². The van der Waals surface area contributed by atoms with Gasteiger partial charge in [0.15, 0.2) is 6.29 Å². The molecule has 1 atom stereocenters. The van der Waals surface area contributed by atoms with Gasteiger partial charge in [-0.3, -0.25) is 0 Å². The van der Waals surface area contributed by atoms with Gasteiger partial charge in [-0.2, -0.15) is 0 Å². The summed E-state index contributed by atoms with van der Waals surface area (Å²) in [5, 5.41) is 0. The summed E-state index contributed by atoms with van der Waals surface area (Å²) in [5.41, 5.74) is 0. The molecule has 0 spiro atoms. The summed E-state index contributed by atoms with van der Waals surface area (Å²) in [6, 6.07) is 0. The molecule has 0 aromatic rings. The van der Waals surface area contributed by atoms with Gasteiger partial charge in [-0.25, -0.2) is 0 Å². The van der Waals surface area contributed by atoms with Crippen molar-refractivity contribution in [3.63, 3.8) is 0 Å². The fourth-order valence-corrected chi connectivity index (χ4v) is 2.12. The average molecular weight is 228 g/mol. The van der Waals surface area contributed by atoms with Crippen molar-refractivity contribution in [3.05, 3.63) is 0 Å². The van der Waals surface area contributed by atoms with Crippen LogP contribution >= 0.6 is 0 Å². The standard InChI is InChI=1S/C14H28O2/c1-2-3-4-5-6-9-12-15-14-11-8-7-10-13-16-14/h14H,2-13H2,1H3. The van der Waals surface area contributed by atoms with Crippen LogP contribution in [0.2, 0.25) is 0 Å². The second-order valence-electron chi connectivity index (χ2n) is 4.79. The lowest BCUT2D eigenvalue weighted by molar-refractivity contribution is -0.140. The van der Waals surface area contributed by atoms with Crippen molar-refractivity contribution in [1.82, 2.24) is 0 Å². The van der Waals surface area contributed by atoms with Crippen LogP contribution < -0.4 is 0 Å². The maximum Gasteiger partial charge on any atom is 0.157 e. The van der Waals surface area contributed by atoms with Gasteiger partial charge in [0, 0.05) is 13.2 Å². The third-order valence-electron chi connectivity index (χ3n) is 3.19. The Morgan fingerprint density at radius 2 is 1.81 bits per heavy atom. The zero-order valence-electron chi connectivity index (χ0n) is 10.9. The summed E-state index contributed by atoms with van der Waals surface area (Å²) < 4.78 is 11.4. The Balaban J connectivity index is 1.86. The molecule has 0 aliphatic carbocycles. The van der Waals surface area contributed by atoms with Crippen LogP contribution in [0.25, 0.3) is 0 Å². The van der Waals surface area contributed by atoms with E-state index in [1.165, 1.54) is 57.8 Å². The topological polar surface area (TPSA) is 18.5 Å². The first kappa shape index (κ1) is 14.0. The van der Waals surface area contributed by atoms with E-state index >= 15 is 0 Å². The molecule has 0 aromatic carbocycles. The van der Waals surface area contributed by atoms with Crippen LogP contribution in [0.1, 0.15) is 71.1 Å². The highest BCUT2D eigenvalue weighted by Crippen LogP contribution is 2.14. The van der Waals surface area contributed by atoms with Crippen molar-refractivity contribution in [2.75, 3.05) is 13.2 Å². The summed E-state index contributed by atoms with van der Waals surface area (Å²) in [4.78, 5) is 0. The van der Waals surface area contributed by atoms with Gasteiger partial charge in [0.05, 0.1) is 0 Å². The van der Waals surface area contributed by atoms with E-state index in [1.54, 1.807) is 0 Å². The number of hydrogen-bond donors (Lipinski definition) is 0. The average Bonchev–Trinajstić information content (AvgIpc) is 2.56. The van der Waals surface area contributed by atoms with E-state index in [2.05, 4.69) is 6.92 Å². The summed E-state index contributed by atoms with van der Waals surface area (Å²) >= 11 is 0. The molecule has 0 bridgehead atoms. The number of hydrogen-bond acceptors (Lipinski definition) is 2. The van der Waals surface area contributed by atoms with Crippen molar-refractivity contribution in [1.29, 1.82) is 0 Å². The Morgan fingerprint density at radius 3 is 2.69 bits per heavy atom. The maximum atomic E-state index is 5.75. The molecular weight excluding hydrogens is 200 g/mol. The summed E-state index contributed by atoms with van der Waals surface area (Å²) in [6.45, 7) is 4.03. The van der Waals surface area contributed by atoms with Crippen molar-refractivity contribution in [2.45, 2.75) is 77.4 Å². The molecule has 1 aliphatic rings. The summed E-state index contributed by atoms with van der Waals surface area (Å²) in [5.74, 6) is 0. The summed E-state index contributed by atoms with van der Waals surface area (Å²) in [7, 11) is 0. The van der Waals surface area contributed by atoms with Gasteiger partial charge in [0.25, 0.3) is 0 Å². The first-order valence-corrected chi connectivity index (χ1v) is 7.16. The van der Waals surface area contributed by atoms with E-state index in [0.717, 1.165) is 19.6 Å². The fraction of sp³-hybridized carbons (Fsp3) is 1.00. The maximum absolute atomic E-state index is 5.75. The van der Waals surface area contributed by atoms with E-state index in [-0.39, 0.29) is 6.29 Å². The first-order chi connectivity index (χ1) is 7.93. The van der Waals surface area contributed by atoms with E-state index < -0.39 is 0 Å². The number of rotatable bonds is 8. The molecule has 0 aromatic heterocycles. The van der Waals surface area contributed by atoms with Gasteiger partial charge in [-0.05, 0) is 25.7 Å². The number of unbranched alkanes of at least 4 members (excludes halogenated alkanes) is 5. The van der Waals surface area contributed by atoms with Gasteiger partial charge in [-0.15, -0.1) is 0 Å². The van der Waals surface area contributed by atoms with E-state index in [1.807, 2.05) is 0 Å². The molecular formula is C14H28O2. The second kappa shape index (κ2) is 10.1. The largest absolute Gasteiger partial charge is 0.353 e. The highest BCUT2D eigenvalue weighted by atomic mass is 16.7. The molecule has 0 amide bonds. The van der Waals surface area contributed by atoms with Gasteiger partial charge < -0.3 is 9.47 Å². The molecule has 16 heavy (non-hydrogen) atoms.